The van der Waals surface area contributed by atoms with Gasteiger partial charge in [-0.2, -0.15) is 0 Å². The molecule has 0 heterocycles. The number of rotatable bonds is 7. The molecule has 142 valence electrons. The summed E-state index contributed by atoms with van der Waals surface area (Å²) in [7, 11) is 0. The van der Waals surface area contributed by atoms with E-state index in [0.29, 0.717) is 17.0 Å². The lowest BCUT2D eigenvalue weighted by atomic mass is 10.2. The molecule has 0 aromatic heterocycles. The third kappa shape index (κ3) is 7.79. The summed E-state index contributed by atoms with van der Waals surface area (Å²) in [6.45, 7) is 0.468. The van der Waals surface area contributed by atoms with E-state index in [2.05, 4.69) is 16.2 Å². The topological polar surface area (TPSA) is 96.5 Å². The highest BCUT2D eigenvalue weighted by atomic mass is 35.5. The van der Waals surface area contributed by atoms with E-state index in [9.17, 15) is 14.4 Å². The molecule has 2 aromatic carbocycles. The van der Waals surface area contributed by atoms with Gasteiger partial charge in [-0.3, -0.25) is 20.4 Å². The molecule has 0 atom stereocenters. The summed E-state index contributed by atoms with van der Waals surface area (Å²) in [5.74, 6) is -0.806. The number of nitrogens with one attached hydrogen (secondary N) is 3. The second-order valence-corrected chi connectivity index (χ2v) is 6.04. The molecule has 7 nitrogen and oxygen atoms in total. The number of hydrogen-bond donors (Lipinski definition) is 3. The minimum absolute atomic E-state index is 0.139. The minimum Gasteiger partial charge on any atom is -0.445 e. The number of halogens is 1. The van der Waals surface area contributed by atoms with E-state index >= 15 is 0 Å². The predicted molar refractivity (Wildman–Crippen MR) is 101 cm³/mol. The van der Waals surface area contributed by atoms with Crippen molar-refractivity contribution in [1.29, 1.82) is 0 Å². The van der Waals surface area contributed by atoms with Crippen LogP contribution in [0.5, 0.6) is 0 Å². The van der Waals surface area contributed by atoms with E-state index in [1.807, 2.05) is 30.3 Å². The second kappa shape index (κ2) is 10.8. The van der Waals surface area contributed by atoms with Crippen LogP contribution in [-0.4, -0.2) is 24.5 Å². The van der Waals surface area contributed by atoms with Crippen molar-refractivity contribution in [2.75, 3.05) is 6.54 Å². The van der Waals surface area contributed by atoms with E-state index in [1.54, 1.807) is 24.3 Å². The number of hydrogen-bond acceptors (Lipinski definition) is 4. The van der Waals surface area contributed by atoms with Crippen molar-refractivity contribution in [2.45, 2.75) is 19.4 Å². The number of carbonyl (C=O) groups is 3. The Labute approximate surface area is 162 Å². The lowest BCUT2D eigenvalue weighted by Gasteiger charge is -2.08. The zero-order chi connectivity index (χ0) is 19.5. The number of carbonyl (C=O) groups excluding carboxylic acids is 3. The molecule has 0 saturated carbocycles. The van der Waals surface area contributed by atoms with Gasteiger partial charge in [0.15, 0.2) is 0 Å². The van der Waals surface area contributed by atoms with Gasteiger partial charge in [-0.1, -0.05) is 41.9 Å². The number of ether oxygens (including phenoxy) is 1. The maximum absolute atomic E-state index is 11.8. The summed E-state index contributed by atoms with van der Waals surface area (Å²) in [5.41, 5.74) is 5.90. The Morgan fingerprint density at radius 1 is 0.926 bits per heavy atom. The summed E-state index contributed by atoms with van der Waals surface area (Å²) in [6.07, 6.45) is -0.00142. The molecule has 0 aliphatic rings. The summed E-state index contributed by atoms with van der Waals surface area (Å²) >= 11 is 5.75. The van der Waals surface area contributed by atoms with Gasteiger partial charge in [-0.15, -0.1) is 0 Å². The molecule has 0 aliphatic heterocycles. The molecule has 0 bridgehead atoms. The van der Waals surface area contributed by atoms with Gasteiger partial charge < -0.3 is 10.1 Å². The predicted octanol–water partition coefficient (Wildman–Crippen LogP) is 2.81. The first-order valence-electron chi connectivity index (χ1n) is 8.34. The molecule has 2 rings (SSSR count). The van der Waals surface area contributed by atoms with Crippen molar-refractivity contribution in [3.05, 3.63) is 70.7 Å². The van der Waals surface area contributed by atoms with Crippen LogP contribution >= 0.6 is 11.6 Å². The highest BCUT2D eigenvalue weighted by molar-refractivity contribution is 6.30. The maximum Gasteiger partial charge on any atom is 0.407 e. The number of benzene rings is 2. The zero-order valence-electron chi connectivity index (χ0n) is 14.5. The number of alkyl carbamates (subject to hydrolysis) is 1. The highest BCUT2D eigenvalue weighted by Crippen LogP contribution is 2.09. The average molecular weight is 390 g/mol. The van der Waals surface area contributed by atoms with Crippen LogP contribution in [0.3, 0.4) is 0 Å². The molecule has 0 aliphatic carbocycles. The second-order valence-electron chi connectivity index (χ2n) is 5.60. The molecule has 0 spiro atoms. The number of hydrazine groups is 1. The summed E-state index contributed by atoms with van der Waals surface area (Å²) < 4.78 is 5.05. The maximum atomic E-state index is 11.8. The smallest absolute Gasteiger partial charge is 0.407 e. The van der Waals surface area contributed by atoms with Gasteiger partial charge >= 0.3 is 6.09 Å². The molecule has 27 heavy (non-hydrogen) atoms. The minimum atomic E-state index is -0.546. The van der Waals surface area contributed by atoms with Gasteiger partial charge in [0.1, 0.15) is 6.61 Å². The van der Waals surface area contributed by atoms with Crippen LogP contribution in [0, 0.1) is 0 Å². The first-order chi connectivity index (χ1) is 13.0. The normalized spacial score (nSPS) is 9.96. The summed E-state index contributed by atoms with van der Waals surface area (Å²) in [6, 6.07) is 15.6. The van der Waals surface area contributed by atoms with E-state index < -0.39 is 12.0 Å². The highest BCUT2D eigenvalue weighted by Gasteiger charge is 2.08. The lowest BCUT2D eigenvalue weighted by Crippen LogP contribution is -2.41. The van der Waals surface area contributed by atoms with Gasteiger partial charge in [-0.05, 0) is 36.2 Å². The number of amides is 3. The molecule has 8 heteroatoms. The quantitative estimate of drug-likeness (QED) is 0.501. The van der Waals surface area contributed by atoms with Gasteiger partial charge in [0.2, 0.25) is 5.91 Å². The Kier molecular flexibility index (Phi) is 8.12. The van der Waals surface area contributed by atoms with Crippen molar-refractivity contribution in [2.24, 2.45) is 0 Å². The Bertz CT molecular complexity index is 766. The fourth-order valence-electron chi connectivity index (χ4n) is 2.08. The van der Waals surface area contributed by atoms with Crippen LogP contribution in [0.2, 0.25) is 5.02 Å². The fourth-order valence-corrected chi connectivity index (χ4v) is 2.20. The van der Waals surface area contributed by atoms with Crippen molar-refractivity contribution in [3.8, 4) is 0 Å². The van der Waals surface area contributed by atoms with E-state index in [0.717, 1.165) is 5.56 Å². The lowest BCUT2D eigenvalue weighted by molar-refractivity contribution is -0.121. The van der Waals surface area contributed by atoms with Crippen LogP contribution < -0.4 is 16.2 Å². The summed E-state index contributed by atoms with van der Waals surface area (Å²) in [4.78, 5) is 35.1. The van der Waals surface area contributed by atoms with Gasteiger partial charge in [0.05, 0.1) is 0 Å². The molecule has 0 fully saturated rings. The van der Waals surface area contributed by atoms with E-state index in [1.165, 1.54) is 0 Å². The standard InChI is InChI=1S/C19H20ClN3O4/c20-16-10-8-15(9-11-16)18(25)23-22-17(24)7-4-12-21-19(26)27-13-14-5-2-1-3-6-14/h1-3,5-6,8-11H,4,7,12-13H2,(H,21,26)(H,22,24)(H,23,25). The first kappa shape index (κ1) is 20.3. The van der Waals surface area contributed by atoms with E-state index in [-0.39, 0.29) is 25.5 Å². The molecular weight excluding hydrogens is 370 g/mol. The van der Waals surface area contributed by atoms with E-state index in [4.69, 9.17) is 16.3 Å². The van der Waals surface area contributed by atoms with Gasteiger partial charge in [0.25, 0.3) is 5.91 Å². The molecular formula is C19H20ClN3O4. The third-order valence-corrected chi connectivity index (χ3v) is 3.74. The monoisotopic (exact) mass is 389 g/mol. The SMILES string of the molecule is O=C(CCCNC(=O)OCc1ccccc1)NNC(=O)c1ccc(Cl)cc1. The third-order valence-electron chi connectivity index (χ3n) is 3.48. The molecule has 3 N–H and O–H groups in total. The molecule has 0 saturated heterocycles. The van der Waals surface area contributed by atoms with Crippen molar-refractivity contribution < 1.29 is 19.1 Å². The Hall–Kier alpha value is -3.06. The van der Waals surface area contributed by atoms with Crippen molar-refractivity contribution in [1.82, 2.24) is 16.2 Å². The van der Waals surface area contributed by atoms with Gasteiger partial charge in [0, 0.05) is 23.6 Å². The largest absolute Gasteiger partial charge is 0.445 e. The van der Waals surface area contributed by atoms with Crippen LogP contribution in [0.15, 0.2) is 54.6 Å². The molecule has 0 unspecified atom stereocenters. The summed E-state index contributed by atoms with van der Waals surface area (Å²) in [5, 5.41) is 3.08. The molecule has 3 amide bonds. The molecule has 0 radical (unpaired) electrons. The van der Waals surface area contributed by atoms with Crippen LogP contribution in [-0.2, 0) is 16.1 Å². The van der Waals surface area contributed by atoms with Crippen LogP contribution in [0.1, 0.15) is 28.8 Å². The van der Waals surface area contributed by atoms with Crippen molar-refractivity contribution >= 4 is 29.5 Å². The zero-order valence-corrected chi connectivity index (χ0v) is 15.3. The van der Waals surface area contributed by atoms with Crippen LogP contribution in [0.4, 0.5) is 4.79 Å². The molecule has 2 aromatic rings. The first-order valence-corrected chi connectivity index (χ1v) is 8.71. The van der Waals surface area contributed by atoms with Gasteiger partial charge in [-0.25, -0.2) is 4.79 Å². The Morgan fingerprint density at radius 2 is 1.63 bits per heavy atom. The van der Waals surface area contributed by atoms with Crippen molar-refractivity contribution in [3.63, 3.8) is 0 Å². The fraction of sp³-hybridized carbons (Fsp3) is 0.211. The van der Waals surface area contributed by atoms with Crippen LogP contribution in [0.25, 0.3) is 0 Å². The average Bonchev–Trinajstić information content (AvgIpc) is 2.69. The Balaban J connectivity index is 1.55. The Morgan fingerprint density at radius 3 is 2.33 bits per heavy atom.